The number of unbranched alkanes of at least 4 members (excludes halogenated alkanes) is 2. The highest BCUT2D eigenvalue weighted by Gasteiger charge is 2.03. The lowest BCUT2D eigenvalue weighted by Crippen LogP contribution is -1.96. The molecule has 1 atom stereocenters. The van der Waals surface area contributed by atoms with Gasteiger partial charge in [0.2, 0.25) is 0 Å². The molecule has 0 amide bonds. The van der Waals surface area contributed by atoms with Gasteiger partial charge in [0.1, 0.15) is 0 Å². The van der Waals surface area contributed by atoms with Crippen molar-refractivity contribution in [2.24, 2.45) is 5.92 Å². The third kappa shape index (κ3) is 5.06. The lowest BCUT2D eigenvalue weighted by molar-refractivity contribution is 0.545. The first-order valence-corrected chi connectivity index (χ1v) is 4.90. The summed E-state index contributed by atoms with van der Waals surface area (Å²) in [6.07, 6.45) is 6.55. The summed E-state index contributed by atoms with van der Waals surface area (Å²) in [5.74, 6) is 0.742. The minimum Gasteiger partial charge on any atom is -0.0996 e. The van der Waals surface area contributed by atoms with E-state index in [2.05, 4.69) is 27.4 Å². The van der Waals surface area contributed by atoms with E-state index in [0.29, 0.717) is 0 Å². The average molecular weight is 154 g/mol. The summed E-state index contributed by atoms with van der Waals surface area (Å²) in [6, 6.07) is 0. The van der Waals surface area contributed by atoms with Gasteiger partial charge in [0.05, 0.1) is 0 Å². The van der Waals surface area contributed by atoms with E-state index in [1.54, 1.807) is 0 Å². The zero-order chi connectivity index (χ0) is 8.69. The van der Waals surface area contributed by atoms with Gasteiger partial charge in [0.25, 0.3) is 0 Å². The van der Waals surface area contributed by atoms with Gasteiger partial charge in [-0.15, -0.1) is 0 Å². The SMILES string of the molecule is C=C(CC)[C@@H](C)CCCCC. The Bertz CT molecular complexity index is 103. The fourth-order valence-electron chi connectivity index (χ4n) is 1.25. The van der Waals surface area contributed by atoms with E-state index in [1.807, 2.05) is 0 Å². The van der Waals surface area contributed by atoms with Crippen molar-refractivity contribution in [3.63, 3.8) is 0 Å². The van der Waals surface area contributed by atoms with Gasteiger partial charge in [-0.25, -0.2) is 0 Å². The van der Waals surface area contributed by atoms with Crippen LogP contribution in [0.5, 0.6) is 0 Å². The van der Waals surface area contributed by atoms with Crippen LogP contribution in [0.3, 0.4) is 0 Å². The van der Waals surface area contributed by atoms with Gasteiger partial charge < -0.3 is 0 Å². The van der Waals surface area contributed by atoms with Crippen molar-refractivity contribution in [2.45, 2.75) is 52.9 Å². The molecule has 0 heteroatoms. The smallest absolute Gasteiger partial charge is 0.0234 e. The maximum Gasteiger partial charge on any atom is -0.0234 e. The Balaban J connectivity index is 3.36. The van der Waals surface area contributed by atoms with Crippen molar-refractivity contribution in [1.29, 1.82) is 0 Å². The number of allylic oxidation sites excluding steroid dienone is 1. The Morgan fingerprint density at radius 1 is 1.27 bits per heavy atom. The molecule has 0 saturated heterocycles. The van der Waals surface area contributed by atoms with Crippen molar-refractivity contribution in [1.82, 2.24) is 0 Å². The van der Waals surface area contributed by atoms with Gasteiger partial charge in [-0.2, -0.15) is 0 Å². The topological polar surface area (TPSA) is 0 Å². The van der Waals surface area contributed by atoms with E-state index in [4.69, 9.17) is 0 Å². The third-order valence-electron chi connectivity index (χ3n) is 2.39. The maximum atomic E-state index is 4.05. The largest absolute Gasteiger partial charge is 0.0996 e. The Labute approximate surface area is 71.7 Å². The highest BCUT2D eigenvalue weighted by atomic mass is 14.1. The van der Waals surface area contributed by atoms with Crippen LogP contribution in [0.2, 0.25) is 0 Å². The Morgan fingerprint density at radius 2 is 1.91 bits per heavy atom. The summed E-state index contributed by atoms with van der Waals surface area (Å²) in [5.41, 5.74) is 1.42. The van der Waals surface area contributed by atoms with E-state index < -0.39 is 0 Å². The first kappa shape index (κ1) is 10.7. The quantitative estimate of drug-likeness (QED) is 0.398. The minimum atomic E-state index is 0.742. The molecule has 0 aliphatic heterocycles. The van der Waals surface area contributed by atoms with Crippen LogP contribution in [0, 0.1) is 5.92 Å². The number of hydrogen-bond acceptors (Lipinski definition) is 0. The molecule has 0 nitrogen and oxygen atoms in total. The Kier molecular flexibility index (Phi) is 6.30. The first-order chi connectivity index (χ1) is 5.22. The van der Waals surface area contributed by atoms with E-state index in [1.165, 1.54) is 31.3 Å². The molecular formula is C11H22. The molecule has 0 aromatic carbocycles. The van der Waals surface area contributed by atoms with E-state index >= 15 is 0 Å². The maximum absolute atomic E-state index is 4.05. The van der Waals surface area contributed by atoms with Crippen LogP contribution in [-0.4, -0.2) is 0 Å². The second kappa shape index (κ2) is 6.45. The molecule has 66 valence electrons. The molecule has 0 spiro atoms. The highest BCUT2D eigenvalue weighted by molar-refractivity contribution is 4.97. The first-order valence-electron chi connectivity index (χ1n) is 4.90. The zero-order valence-corrected chi connectivity index (χ0v) is 8.32. The van der Waals surface area contributed by atoms with Crippen LogP contribution in [0.15, 0.2) is 12.2 Å². The second-order valence-electron chi connectivity index (χ2n) is 3.41. The van der Waals surface area contributed by atoms with Crippen molar-refractivity contribution >= 4 is 0 Å². The third-order valence-corrected chi connectivity index (χ3v) is 2.39. The number of hydrogen-bond donors (Lipinski definition) is 0. The van der Waals surface area contributed by atoms with Crippen LogP contribution < -0.4 is 0 Å². The predicted molar refractivity (Wildman–Crippen MR) is 52.7 cm³/mol. The molecule has 0 aliphatic rings. The fraction of sp³-hybridized carbons (Fsp3) is 0.818. The Hall–Kier alpha value is -0.260. The molecule has 0 radical (unpaired) electrons. The summed E-state index contributed by atoms with van der Waals surface area (Å²) in [5, 5.41) is 0. The summed E-state index contributed by atoms with van der Waals surface area (Å²) < 4.78 is 0. The van der Waals surface area contributed by atoms with Gasteiger partial charge in [-0.3, -0.25) is 0 Å². The summed E-state index contributed by atoms with van der Waals surface area (Å²) in [6.45, 7) is 10.8. The fourth-order valence-corrected chi connectivity index (χ4v) is 1.25. The molecule has 0 N–H and O–H groups in total. The zero-order valence-electron chi connectivity index (χ0n) is 8.32. The lowest BCUT2D eigenvalue weighted by atomic mass is 9.94. The molecule has 0 aromatic rings. The molecule has 0 heterocycles. The van der Waals surface area contributed by atoms with Crippen molar-refractivity contribution in [3.8, 4) is 0 Å². The van der Waals surface area contributed by atoms with Crippen LogP contribution in [0.25, 0.3) is 0 Å². The molecule has 0 rings (SSSR count). The molecule has 11 heavy (non-hydrogen) atoms. The molecule has 0 fully saturated rings. The summed E-state index contributed by atoms with van der Waals surface area (Å²) >= 11 is 0. The standard InChI is InChI=1S/C11H22/c1-5-7-8-9-11(4)10(3)6-2/h11H,3,5-9H2,1-2,4H3/t11-/m0/s1. The second-order valence-corrected chi connectivity index (χ2v) is 3.41. The minimum absolute atomic E-state index is 0.742. The molecule has 0 aromatic heterocycles. The van der Waals surface area contributed by atoms with E-state index in [0.717, 1.165) is 12.3 Å². The van der Waals surface area contributed by atoms with Crippen LogP contribution in [-0.2, 0) is 0 Å². The van der Waals surface area contributed by atoms with Crippen molar-refractivity contribution in [3.05, 3.63) is 12.2 Å². The van der Waals surface area contributed by atoms with Crippen molar-refractivity contribution < 1.29 is 0 Å². The van der Waals surface area contributed by atoms with E-state index in [9.17, 15) is 0 Å². The predicted octanol–water partition coefficient (Wildman–Crippen LogP) is 4.17. The van der Waals surface area contributed by atoms with E-state index in [-0.39, 0.29) is 0 Å². The summed E-state index contributed by atoms with van der Waals surface area (Å²) in [7, 11) is 0. The van der Waals surface area contributed by atoms with Gasteiger partial charge in [0.15, 0.2) is 0 Å². The van der Waals surface area contributed by atoms with Gasteiger partial charge in [-0.1, -0.05) is 52.2 Å². The van der Waals surface area contributed by atoms with Crippen LogP contribution in [0.4, 0.5) is 0 Å². The van der Waals surface area contributed by atoms with Gasteiger partial charge in [0, 0.05) is 0 Å². The molecule has 0 unspecified atom stereocenters. The van der Waals surface area contributed by atoms with Gasteiger partial charge in [-0.05, 0) is 18.8 Å². The molecule has 0 saturated carbocycles. The lowest BCUT2D eigenvalue weighted by Gasteiger charge is -2.11. The normalized spacial score (nSPS) is 13.0. The average Bonchev–Trinajstić information content (AvgIpc) is 2.03. The monoisotopic (exact) mass is 154 g/mol. The van der Waals surface area contributed by atoms with Crippen LogP contribution >= 0.6 is 0 Å². The highest BCUT2D eigenvalue weighted by Crippen LogP contribution is 2.18. The molecule has 0 bridgehead atoms. The molecule has 0 aliphatic carbocycles. The van der Waals surface area contributed by atoms with Gasteiger partial charge >= 0.3 is 0 Å². The number of rotatable bonds is 6. The Morgan fingerprint density at radius 3 is 2.36 bits per heavy atom. The molecular weight excluding hydrogens is 132 g/mol. The van der Waals surface area contributed by atoms with Crippen molar-refractivity contribution in [2.75, 3.05) is 0 Å². The summed E-state index contributed by atoms with van der Waals surface area (Å²) in [4.78, 5) is 0. The van der Waals surface area contributed by atoms with Crippen LogP contribution in [0.1, 0.15) is 52.9 Å².